The third-order valence-electron chi connectivity index (χ3n) is 5.01. The molecule has 2 aromatic carbocycles. The standard InChI is InChI=1S/C23H17N5O2S/c29-22(16-7-8-19-21(10-16)31-14-26-19)25-12-20-17-5-1-2-6-18(17)23(30)28(27-20)13-15-4-3-9-24-11-15/h1-11,14H,12-13H2,(H,25,29). The van der Waals surface area contributed by atoms with Gasteiger partial charge in [-0.25, -0.2) is 9.67 Å². The van der Waals surface area contributed by atoms with Crippen molar-refractivity contribution < 1.29 is 4.79 Å². The number of carbonyl (C=O) groups excluding carboxylic acids is 1. The molecule has 0 saturated carbocycles. The first-order valence-electron chi connectivity index (χ1n) is 9.68. The topological polar surface area (TPSA) is 89.8 Å². The summed E-state index contributed by atoms with van der Waals surface area (Å²) in [6.45, 7) is 0.508. The van der Waals surface area contributed by atoms with E-state index >= 15 is 0 Å². The smallest absolute Gasteiger partial charge is 0.274 e. The van der Waals surface area contributed by atoms with Crippen LogP contribution >= 0.6 is 11.3 Å². The number of aromatic nitrogens is 4. The Morgan fingerprint density at radius 3 is 2.77 bits per heavy atom. The van der Waals surface area contributed by atoms with Gasteiger partial charge < -0.3 is 5.32 Å². The van der Waals surface area contributed by atoms with Crippen molar-refractivity contribution in [1.82, 2.24) is 25.1 Å². The number of amides is 1. The van der Waals surface area contributed by atoms with Gasteiger partial charge in [-0.15, -0.1) is 11.3 Å². The molecule has 1 amide bonds. The van der Waals surface area contributed by atoms with E-state index in [1.165, 1.54) is 16.0 Å². The zero-order chi connectivity index (χ0) is 21.2. The molecule has 3 aromatic heterocycles. The highest BCUT2D eigenvalue weighted by Crippen LogP contribution is 2.19. The molecular formula is C23H17N5O2S. The zero-order valence-corrected chi connectivity index (χ0v) is 17.2. The highest BCUT2D eigenvalue weighted by molar-refractivity contribution is 7.16. The first kappa shape index (κ1) is 19.1. The summed E-state index contributed by atoms with van der Waals surface area (Å²) in [5.74, 6) is -0.203. The summed E-state index contributed by atoms with van der Waals surface area (Å²) >= 11 is 1.49. The minimum atomic E-state index is -0.203. The van der Waals surface area contributed by atoms with E-state index in [0.717, 1.165) is 21.2 Å². The Balaban J connectivity index is 1.46. The van der Waals surface area contributed by atoms with Gasteiger partial charge in [0.2, 0.25) is 0 Å². The number of hydrogen-bond donors (Lipinski definition) is 1. The van der Waals surface area contributed by atoms with E-state index in [1.807, 2.05) is 42.5 Å². The maximum atomic E-state index is 12.9. The van der Waals surface area contributed by atoms with Gasteiger partial charge in [-0.1, -0.05) is 24.3 Å². The van der Waals surface area contributed by atoms with E-state index in [4.69, 9.17) is 0 Å². The number of nitrogens with one attached hydrogen (secondary N) is 1. The van der Waals surface area contributed by atoms with Gasteiger partial charge in [0, 0.05) is 23.3 Å². The van der Waals surface area contributed by atoms with Crippen LogP contribution in [0.4, 0.5) is 0 Å². The van der Waals surface area contributed by atoms with Crippen LogP contribution < -0.4 is 10.9 Å². The molecule has 0 atom stereocenters. The third-order valence-corrected chi connectivity index (χ3v) is 5.80. The molecule has 152 valence electrons. The second-order valence-corrected chi connectivity index (χ2v) is 7.92. The monoisotopic (exact) mass is 427 g/mol. The minimum absolute atomic E-state index is 0.176. The van der Waals surface area contributed by atoms with E-state index in [1.54, 1.807) is 30.0 Å². The SMILES string of the molecule is O=C(NCc1nn(Cc2cccnc2)c(=O)c2ccccc12)c1ccc2ncsc2c1. The molecule has 0 aliphatic rings. The minimum Gasteiger partial charge on any atom is -0.346 e. The third kappa shape index (κ3) is 3.80. The summed E-state index contributed by atoms with van der Waals surface area (Å²) in [5, 5.41) is 8.78. The van der Waals surface area contributed by atoms with Crippen molar-refractivity contribution in [2.75, 3.05) is 0 Å². The second-order valence-electron chi connectivity index (χ2n) is 7.03. The molecular weight excluding hydrogens is 410 g/mol. The predicted octanol–water partition coefficient (Wildman–Crippen LogP) is 3.38. The number of benzene rings is 2. The van der Waals surface area contributed by atoms with Crippen molar-refractivity contribution in [3.05, 3.63) is 99.7 Å². The first-order chi connectivity index (χ1) is 15.2. The number of thiazole rings is 1. The summed E-state index contributed by atoms with van der Waals surface area (Å²) in [7, 11) is 0. The average molecular weight is 427 g/mol. The predicted molar refractivity (Wildman–Crippen MR) is 120 cm³/mol. The van der Waals surface area contributed by atoms with Crippen LogP contribution in [0.3, 0.4) is 0 Å². The van der Waals surface area contributed by atoms with Gasteiger partial charge in [-0.05, 0) is 35.9 Å². The molecule has 3 heterocycles. The number of nitrogens with zero attached hydrogens (tertiary/aromatic N) is 4. The van der Waals surface area contributed by atoms with Crippen LogP contribution in [-0.4, -0.2) is 25.7 Å². The van der Waals surface area contributed by atoms with Crippen LogP contribution in [0.1, 0.15) is 21.6 Å². The quantitative estimate of drug-likeness (QED) is 0.464. The van der Waals surface area contributed by atoms with Crippen LogP contribution in [0.15, 0.2) is 77.3 Å². The molecule has 0 bridgehead atoms. The molecule has 0 radical (unpaired) electrons. The molecule has 0 aliphatic carbocycles. The summed E-state index contributed by atoms with van der Waals surface area (Å²) in [6, 6.07) is 16.5. The molecule has 5 rings (SSSR count). The molecule has 7 nitrogen and oxygen atoms in total. The number of pyridine rings is 1. The largest absolute Gasteiger partial charge is 0.346 e. The Hall–Kier alpha value is -3.91. The van der Waals surface area contributed by atoms with Crippen molar-refractivity contribution in [1.29, 1.82) is 0 Å². The van der Waals surface area contributed by atoms with Crippen molar-refractivity contribution >= 4 is 38.2 Å². The fraction of sp³-hybridized carbons (Fsp3) is 0.0870. The van der Waals surface area contributed by atoms with Crippen LogP contribution in [0.2, 0.25) is 0 Å². The lowest BCUT2D eigenvalue weighted by Gasteiger charge is -2.12. The van der Waals surface area contributed by atoms with Crippen LogP contribution in [0.25, 0.3) is 21.0 Å². The van der Waals surface area contributed by atoms with E-state index < -0.39 is 0 Å². The summed E-state index contributed by atoms with van der Waals surface area (Å²) < 4.78 is 2.38. The fourth-order valence-corrected chi connectivity index (χ4v) is 4.19. The highest BCUT2D eigenvalue weighted by Gasteiger charge is 2.13. The molecule has 0 spiro atoms. The van der Waals surface area contributed by atoms with Crippen molar-refractivity contribution in [3.63, 3.8) is 0 Å². The molecule has 0 unspecified atom stereocenters. The Kier molecular flexibility index (Phi) is 4.97. The van der Waals surface area contributed by atoms with Gasteiger partial charge in [0.1, 0.15) is 0 Å². The highest BCUT2D eigenvalue weighted by atomic mass is 32.1. The Bertz CT molecular complexity index is 1460. The molecule has 0 saturated heterocycles. The number of carbonyl (C=O) groups is 1. The van der Waals surface area contributed by atoms with Crippen molar-refractivity contribution in [3.8, 4) is 0 Å². The second kappa shape index (κ2) is 8.08. The van der Waals surface area contributed by atoms with Crippen LogP contribution in [0.5, 0.6) is 0 Å². The fourth-order valence-electron chi connectivity index (χ4n) is 3.47. The van der Waals surface area contributed by atoms with E-state index in [-0.39, 0.29) is 18.0 Å². The maximum absolute atomic E-state index is 12.9. The summed E-state index contributed by atoms with van der Waals surface area (Å²) in [5.41, 5.74) is 4.52. The summed E-state index contributed by atoms with van der Waals surface area (Å²) in [6.07, 6.45) is 3.39. The van der Waals surface area contributed by atoms with Crippen molar-refractivity contribution in [2.45, 2.75) is 13.1 Å². The lowest BCUT2D eigenvalue weighted by atomic mass is 10.1. The number of fused-ring (bicyclic) bond motifs is 2. The van der Waals surface area contributed by atoms with E-state index in [9.17, 15) is 9.59 Å². The van der Waals surface area contributed by atoms with Crippen LogP contribution in [0, 0.1) is 0 Å². The Morgan fingerprint density at radius 2 is 1.94 bits per heavy atom. The molecule has 31 heavy (non-hydrogen) atoms. The first-order valence-corrected chi connectivity index (χ1v) is 10.6. The molecule has 0 fully saturated rings. The average Bonchev–Trinajstić information content (AvgIpc) is 3.28. The van der Waals surface area contributed by atoms with E-state index in [0.29, 0.717) is 23.2 Å². The van der Waals surface area contributed by atoms with Gasteiger partial charge in [-0.2, -0.15) is 5.10 Å². The van der Waals surface area contributed by atoms with Gasteiger partial charge in [0.05, 0.1) is 39.9 Å². The molecule has 0 aliphatic heterocycles. The zero-order valence-electron chi connectivity index (χ0n) is 16.4. The van der Waals surface area contributed by atoms with Gasteiger partial charge in [0.25, 0.3) is 11.5 Å². The van der Waals surface area contributed by atoms with Gasteiger partial charge in [0.15, 0.2) is 0 Å². The Labute approximate surface area is 181 Å². The molecule has 1 N–H and O–H groups in total. The number of hydrogen-bond acceptors (Lipinski definition) is 6. The molecule has 8 heteroatoms. The lowest BCUT2D eigenvalue weighted by Crippen LogP contribution is -2.29. The lowest BCUT2D eigenvalue weighted by molar-refractivity contribution is 0.0950. The van der Waals surface area contributed by atoms with Crippen LogP contribution in [-0.2, 0) is 13.1 Å². The van der Waals surface area contributed by atoms with E-state index in [2.05, 4.69) is 20.4 Å². The normalized spacial score (nSPS) is 11.1. The van der Waals surface area contributed by atoms with Gasteiger partial charge in [-0.3, -0.25) is 14.6 Å². The molecule has 5 aromatic rings. The maximum Gasteiger partial charge on any atom is 0.274 e. The Morgan fingerprint density at radius 1 is 1.06 bits per heavy atom. The summed E-state index contributed by atoms with van der Waals surface area (Å²) in [4.78, 5) is 34.0. The number of rotatable bonds is 5. The van der Waals surface area contributed by atoms with Crippen molar-refractivity contribution in [2.24, 2.45) is 0 Å². The van der Waals surface area contributed by atoms with Gasteiger partial charge >= 0.3 is 0 Å².